The SMILES string of the molecule is COc1c(C(CC2CCCCCC2)NN)ccc(C)c1C. The minimum Gasteiger partial charge on any atom is -0.496 e. The van der Waals surface area contributed by atoms with Gasteiger partial charge in [0, 0.05) is 11.6 Å². The van der Waals surface area contributed by atoms with Crippen molar-refractivity contribution in [1.29, 1.82) is 0 Å². The van der Waals surface area contributed by atoms with E-state index in [9.17, 15) is 0 Å². The number of nitrogens with two attached hydrogens (primary N) is 1. The first-order chi connectivity index (χ1) is 10.2. The number of hydrogen-bond acceptors (Lipinski definition) is 3. The molecule has 0 radical (unpaired) electrons. The lowest BCUT2D eigenvalue weighted by Crippen LogP contribution is -2.30. The molecular weight excluding hydrogens is 260 g/mol. The molecule has 1 atom stereocenters. The van der Waals surface area contributed by atoms with E-state index in [4.69, 9.17) is 10.6 Å². The van der Waals surface area contributed by atoms with Crippen LogP contribution in [-0.2, 0) is 0 Å². The second-order valence-corrected chi connectivity index (χ2v) is 6.44. The first kappa shape index (κ1) is 16.3. The molecule has 3 heteroatoms. The molecule has 0 spiro atoms. The third-order valence-corrected chi connectivity index (χ3v) is 5.03. The molecule has 1 aromatic rings. The lowest BCUT2D eigenvalue weighted by molar-refractivity contribution is 0.344. The number of methoxy groups -OCH3 is 1. The molecule has 0 bridgehead atoms. The Morgan fingerprint density at radius 2 is 1.86 bits per heavy atom. The summed E-state index contributed by atoms with van der Waals surface area (Å²) in [4.78, 5) is 0. The van der Waals surface area contributed by atoms with Crippen molar-refractivity contribution < 1.29 is 4.74 Å². The molecule has 1 aliphatic rings. The smallest absolute Gasteiger partial charge is 0.126 e. The number of rotatable bonds is 5. The molecule has 1 aliphatic carbocycles. The van der Waals surface area contributed by atoms with Gasteiger partial charge in [-0.25, -0.2) is 0 Å². The summed E-state index contributed by atoms with van der Waals surface area (Å²) in [6, 6.07) is 4.52. The molecule has 1 aromatic carbocycles. The molecule has 3 nitrogen and oxygen atoms in total. The van der Waals surface area contributed by atoms with Crippen LogP contribution < -0.4 is 16.0 Å². The summed E-state index contributed by atoms with van der Waals surface area (Å²) in [5, 5.41) is 0. The minimum absolute atomic E-state index is 0.183. The number of nitrogens with one attached hydrogen (secondary N) is 1. The minimum atomic E-state index is 0.183. The van der Waals surface area contributed by atoms with Gasteiger partial charge in [-0.2, -0.15) is 0 Å². The summed E-state index contributed by atoms with van der Waals surface area (Å²) in [6.07, 6.45) is 9.30. The maximum atomic E-state index is 5.87. The van der Waals surface area contributed by atoms with Gasteiger partial charge in [0.15, 0.2) is 0 Å². The second-order valence-electron chi connectivity index (χ2n) is 6.44. The summed E-state index contributed by atoms with van der Waals surface area (Å²) in [5.74, 6) is 7.64. The third kappa shape index (κ3) is 3.98. The summed E-state index contributed by atoms with van der Waals surface area (Å²) in [6.45, 7) is 4.24. The highest BCUT2D eigenvalue weighted by Crippen LogP contribution is 2.36. The summed E-state index contributed by atoms with van der Waals surface area (Å²) in [5.41, 5.74) is 6.71. The normalized spacial score (nSPS) is 18.3. The van der Waals surface area contributed by atoms with Gasteiger partial charge in [-0.05, 0) is 37.3 Å². The predicted molar refractivity (Wildman–Crippen MR) is 88.3 cm³/mol. The van der Waals surface area contributed by atoms with E-state index in [2.05, 4.69) is 31.4 Å². The second kappa shape index (κ2) is 7.81. The molecule has 1 fully saturated rings. The van der Waals surface area contributed by atoms with Gasteiger partial charge in [0.2, 0.25) is 0 Å². The van der Waals surface area contributed by atoms with Crippen molar-refractivity contribution in [3.05, 3.63) is 28.8 Å². The van der Waals surface area contributed by atoms with Crippen LogP contribution in [0.15, 0.2) is 12.1 Å². The van der Waals surface area contributed by atoms with Crippen LogP contribution in [0.2, 0.25) is 0 Å². The van der Waals surface area contributed by atoms with Gasteiger partial charge < -0.3 is 4.74 Å². The predicted octanol–water partition coefficient (Wildman–Crippen LogP) is 4.18. The topological polar surface area (TPSA) is 47.3 Å². The molecule has 1 saturated carbocycles. The molecule has 21 heavy (non-hydrogen) atoms. The van der Waals surface area contributed by atoms with E-state index in [1.54, 1.807) is 7.11 Å². The highest BCUT2D eigenvalue weighted by atomic mass is 16.5. The van der Waals surface area contributed by atoms with Crippen LogP contribution in [0.5, 0.6) is 5.75 Å². The molecule has 1 unspecified atom stereocenters. The Hall–Kier alpha value is -1.06. The van der Waals surface area contributed by atoms with E-state index < -0.39 is 0 Å². The Morgan fingerprint density at radius 1 is 1.19 bits per heavy atom. The fourth-order valence-electron chi connectivity index (χ4n) is 3.57. The van der Waals surface area contributed by atoms with Crippen LogP contribution in [0.3, 0.4) is 0 Å². The van der Waals surface area contributed by atoms with Crippen molar-refractivity contribution in [2.24, 2.45) is 11.8 Å². The van der Waals surface area contributed by atoms with E-state index in [1.807, 2.05) is 0 Å². The van der Waals surface area contributed by atoms with Crippen LogP contribution in [0.25, 0.3) is 0 Å². The van der Waals surface area contributed by atoms with Crippen molar-refractivity contribution in [2.75, 3.05) is 7.11 Å². The van der Waals surface area contributed by atoms with E-state index in [1.165, 1.54) is 55.2 Å². The Labute approximate surface area is 129 Å². The lowest BCUT2D eigenvalue weighted by atomic mass is 9.88. The Morgan fingerprint density at radius 3 is 2.43 bits per heavy atom. The average molecular weight is 290 g/mol. The van der Waals surface area contributed by atoms with Gasteiger partial charge in [0.05, 0.1) is 7.11 Å². The van der Waals surface area contributed by atoms with E-state index in [-0.39, 0.29) is 6.04 Å². The highest BCUT2D eigenvalue weighted by Gasteiger charge is 2.22. The van der Waals surface area contributed by atoms with Crippen molar-refractivity contribution in [3.63, 3.8) is 0 Å². The van der Waals surface area contributed by atoms with Crippen LogP contribution in [0.4, 0.5) is 0 Å². The Kier molecular flexibility index (Phi) is 6.07. The zero-order valence-electron chi connectivity index (χ0n) is 13.7. The first-order valence-corrected chi connectivity index (χ1v) is 8.27. The zero-order chi connectivity index (χ0) is 15.2. The largest absolute Gasteiger partial charge is 0.496 e. The molecule has 0 aromatic heterocycles. The highest BCUT2D eigenvalue weighted by molar-refractivity contribution is 5.46. The maximum Gasteiger partial charge on any atom is 0.126 e. The lowest BCUT2D eigenvalue weighted by Gasteiger charge is -2.25. The Balaban J connectivity index is 2.18. The quantitative estimate of drug-likeness (QED) is 0.486. The van der Waals surface area contributed by atoms with Gasteiger partial charge >= 0.3 is 0 Å². The molecule has 0 aliphatic heterocycles. The van der Waals surface area contributed by atoms with Crippen LogP contribution in [-0.4, -0.2) is 7.11 Å². The van der Waals surface area contributed by atoms with Crippen molar-refractivity contribution in [3.8, 4) is 5.75 Å². The Bertz CT molecular complexity index is 451. The number of hydrogen-bond donors (Lipinski definition) is 2. The average Bonchev–Trinajstić information content (AvgIpc) is 2.76. The van der Waals surface area contributed by atoms with Crippen molar-refractivity contribution in [1.82, 2.24) is 5.43 Å². The first-order valence-electron chi connectivity index (χ1n) is 8.27. The van der Waals surface area contributed by atoms with E-state index in [0.29, 0.717) is 0 Å². The number of aryl methyl sites for hydroxylation is 1. The molecule has 0 amide bonds. The molecule has 3 N–H and O–H groups in total. The molecule has 118 valence electrons. The van der Waals surface area contributed by atoms with Crippen molar-refractivity contribution >= 4 is 0 Å². The third-order valence-electron chi connectivity index (χ3n) is 5.03. The number of hydrazine groups is 1. The van der Waals surface area contributed by atoms with E-state index >= 15 is 0 Å². The molecule has 2 rings (SSSR count). The van der Waals surface area contributed by atoms with Crippen LogP contribution in [0, 0.1) is 19.8 Å². The molecule has 0 heterocycles. The zero-order valence-corrected chi connectivity index (χ0v) is 13.7. The maximum absolute atomic E-state index is 5.87. The fourth-order valence-corrected chi connectivity index (χ4v) is 3.57. The van der Waals surface area contributed by atoms with Gasteiger partial charge in [0.1, 0.15) is 5.75 Å². The van der Waals surface area contributed by atoms with Gasteiger partial charge in [0.25, 0.3) is 0 Å². The van der Waals surface area contributed by atoms with Gasteiger partial charge in [-0.15, -0.1) is 0 Å². The van der Waals surface area contributed by atoms with E-state index in [0.717, 1.165) is 18.1 Å². The van der Waals surface area contributed by atoms with Crippen molar-refractivity contribution in [2.45, 2.75) is 64.8 Å². The summed E-state index contributed by atoms with van der Waals surface area (Å²) < 4.78 is 5.66. The monoisotopic (exact) mass is 290 g/mol. The number of benzene rings is 1. The summed E-state index contributed by atoms with van der Waals surface area (Å²) >= 11 is 0. The molecular formula is C18H30N2O. The van der Waals surface area contributed by atoms with Gasteiger partial charge in [-0.3, -0.25) is 11.3 Å². The van der Waals surface area contributed by atoms with Gasteiger partial charge in [-0.1, -0.05) is 50.7 Å². The fraction of sp³-hybridized carbons (Fsp3) is 0.667. The number of ether oxygens (including phenoxy) is 1. The van der Waals surface area contributed by atoms with Crippen LogP contribution >= 0.6 is 0 Å². The summed E-state index contributed by atoms with van der Waals surface area (Å²) in [7, 11) is 1.75. The standard InChI is InChI=1S/C18H30N2O/c1-13-10-11-16(18(21-3)14(13)2)17(20-19)12-15-8-6-4-5-7-9-15/h10-11,15,17,20H,4-9,12,19H2,1-3H3. The molecule has 0 saturated heterocycles. The van der Waals surface area contributed by atoms with Crippen LogP contribution in [0.1, 0.15) is 67.7 Å².